The van der Waals surface area contributed by atoms with Gasteiger partial charge in [-0.05, 0) is 18.4 Å². The predicted molar refractivity (Wildman–Crippen MR) is 78.8 cm³/mol. The highest BCUT2D eigenvalue weighted by atomic mass is 19.4. The van der Waals surface area contributed by atoms with Crippen LogP contribution >= 0.6 is 0 Å². The number of amides is 1. The summed E-state index contributed by atoms with van der Waals surface area (Å²) < 4.78 is 41.6. The summed E-state index contributed by atoms with van der Waals surface area (Å²) in [5.41, 5.74) is 1.17. The fraction of sp³-hybridized carbons (Fsp3) is 0.438. The maximum Gasteiger partial charge on any atom is 0.471 e. The molecule has 1 heterocycles. The van der Waals surface area contributed by atoms with Crippen molar-refractivity contribution in [3.63, 3.8) is 0 Å². The smallest absolute Gasteiger partial charge is 0.353 e. The van der Waals surface area contributed by atoms with E-state index in [2.05, 4.69) is 20.0 Å². The van der Waals surface area contributed by atoms with Gasteiger partial charge >= 0.3 is 12.1 Å². The molecule has 1 aromatic carbocycles. The van der Waals surface area contributed by atoms with E-state index >= 15 is 0 Å². The SMILES string of the molecule is O=C(Cc1ccc(-c2noc(C(F)(F)F)n2)cc1)NC1CCCC1. The third-order valence-electron chi connectivity index (χ3n) is 3.97. The molecule has 1 aromatic heterocycles. The number of hydrogen-bond donors (Lipinski definition) is 1. The molecule has 3 rings (SSSR count). The predicted octanol–water partition coefficient (Wildman–Crippen LogP) is 3.36. The maximum atomic E-state index is 12.5. The van der Waals surface area contributed by atoms with Gasteiger partial charge in [-0.1, -0.05) is 42.3 Å². The number of benzene rings is 1. The molecule has 1 aliphatic rings. The lowest BCUT2D eigenvalue weighted by Gasteiger charge is -2.11. The van der Waals surface area contributed by atoms with Crippen LogP contribution in [-0.4, -0.2) is 22.1 Å². The molecule has 0 saturated heterocycles. The number of carbonyl (C=O) groups is 1. The third-order valence-corrected chi connectivity index (χ3v) is 3.97. The van der Waals surface area contributed by atoms with Gasteiger partial charge in [-0.15, -0.1) is 0 Å². The molecule has 8 heteroatoms. The van der Waals surface area contributed by atoms with Crippen LogP contribution in [0, 0.1) is 0 Å². The molecule has 1 fully saturated rings. The van der Waals surface area contributed by atoms with Gasteiger partial charge in [0.05, 0.1) is 6.42 Å². The standard InChI is InChI=1S/C16H16F3N3O2/c17-16(18,19)15-21-14(22-24-15)11-7-5-10(6-8-11)9-13(23)20-12-3-1-2-4-12/h5-8,12H,1-4,9H2,(H,20,23). The number of nitrogens with zero attached hydrogens (tertiary/aromatic N) is 2. The van der Waals surface area contributed by atoms with Gasteiger partial charge in [0.15, 0.2) is 0 Å². The van der Waals surface area contributed by atoms with Crippen LogP contribution in [0.5, 0.6) is 0 Å². The Hall–Kier alpha value is -2.38. The Kier molecular flexibility index (Phi) is 4.55. The molecule has 0 aliphatic heterocycles. The molecular weight excluding hydrogens is 323 g/mol. The van der Waals surface area contributed by atoms with Crippen LogP contribution in [0.15, 0.2) is 28.8 Å². The van der Waals surface area contributed by atoms with Crippen LogP contribution < -0.4 is 5.32 Å². The maximum absolute atomic E-state index is 12.5. The van der Waals surface area contributed by atoms with Crippen molar-refractivity contribution in [1.82, 2.24) is 15.5 Å². The van der Waals surface area contributed by atoms with E-state index in [-0.39, 0.29) is 24.2 Å². The second-order valence-electron chi connectivity index (χ2n) is 5.84. The van der Waals surface area contributed by atoms with E-state index < -0.39 is 12.1 Å². The van der Waals surface area contributed by atoms with Crippen molar-refractivity contribution in [2.45, 2.75) is 44.3 Å². The summed E-state index contributed by atoms with van der Waals surface area (Å²) in [6.07, 6.45) is -0.108. The zero-order valence-electron chi connectivity index (χ0n) is 12.8. The number of hydrogen-bond acceptors (Lipinski definition) is 4. The van der Waals surface area contributed by atoms with Gasteiger partial charge in [-0.3, -0.25) is 4.79 Å². The number of aromatic nitrogens is 2. The molecule has 0 atom stereocenters. The van der Waals surface area contributed by atoms with Crippen molar-refractivity contribution >= 4 is 5.91 Å². The normalized spacial score (nSPS) is 15.6. The number of rotatable bonds is 4. The minimum atomic E-state index is -4.66. The van der Waals surface area contributed by atoms with Crippen molar-refractivity contribution in [2.75, 3.05) is 0 Å². The molecule has 1 amide bonds. The van der Waals surface area contributed by atoms with Crippen molar-refractivity contribution in [3.05, 3.63) is 35.7 Å². The van der Waals surface area contributed by atoms with Crippen LogP contribution in [0.1, 0.15) is 37.1 Å². The summed E-state index contributed by atoms with van der Waals surface area (Å²) >= 11 is 0. The first kappa shape index (κ1) is 16.5. The summed E-state index contributed by atoms with van der Waals surface area (Å²) in [4.78, 5) is 15.3. The van der Waals surface area contributed by atoms with Crippen LogP contribution in [0.2, 0.25) is 0 Å². The van der Waals surface area contributed by atoms with E-state index in [1.807, 2.05) is 0 Å². The molecule has 0 unspecified atom stereocenters. The Morgan fingerprint density at radius 2 is 1.88 bits per heavy atom. The van der Waals surface area contributed by atoms with Crippen molar-refractivity contribution in [3.8, 4) is 11.4 Å². The van der Waals surface area contributed by atoms with Gasteiger partial charge in [-0.25, -0.2) is 0 Å². The van der Waals surface area contributed by atoms with Crippen molar-refractivity contribution < 1.29 is 22.5 Å². The molecule has 128 valence electrons. The van der Waals surface area contributed by atoms with E-state index in [4.69, 9.17) is 0 Å². The Morgan fingerprint density at radius 1 is 1.21 bits per heavy atom. The fourth-order valence-electron chi connectivity index (χ4n) is 2.76. The lowest BCUT2D eigenvalue weighted by molar-refractivity contribution is -0.159. The number of nitrogens with one attached hydrogen (secondary N) is 1. The van der Waals surface area contributed by atoms with Gasteiger partial charge in [0, 0.05) is 11.6 Å². The average Bonchev–Trinajstić information content (AvgIpc) is 3.18. The highest BCUT2D eigenvalue weighted by Gasteiger charge is 2.38. The molecule has 24 heavy (non-hydrogen) atoms. The van der Waals surface area contributed by atoms with Crippen LogP contribution in [0.4, 0.5) is 13.2 Å². The van der Waals surface area contributed by atoms with E-state index in [1.165, 1.54) is 0 Å². The Bertz CT molecular complexity index is 704. The van der Waals surface area contributed by atoms with E-state index in [0.717, 1.165) is 31.2 Å². The first-order valence-electron chi connectivity index (χ1n) is 7.71. The second-order valence-corrected chi connectivity index (χ2v) is 5.84. The minimum absolute atomic E-state index is 0.0476. The lowest BCUT2D eigenvalue weighted by atomic mass is 10.1. The zero-order chi connectivity index (χ0) is 17.2. The molecule has 0 radical (unpaired) electrons. The minimum Gasteiger partial charge on any atom is -0.353 e. The lowest BCUT2D eigenvalue weighted by Crippen LogP contribution is -2.33. The molecule has 0 bridgehead atoms. The molecule has 1 aliphatic carbocycles. The van der Waals surface area contributed by atoms with E-state index in [0.29, 0.717) is 5.56 Å². The highest BCUT2D eigenvalue weighted by molar-refractivity contribution is 5.79. The number of halogens is 3. The van der Waals surface area contributed by atoms with Crippen LogP contribution in [0.3, 0.4) is 0 Å². The summed E-state index contributed by atoms with van der Waals surface area (Å²) in [5.74, 6) is -1.56. The molecule has 5 nitrogen and oxygen atoms in total. The van der Waals surface area contributed by atoms with Gasteiger partial charge < -0.3 is 9.84 Å². The van der Waals surface area contributed by atoms with Gasteiger partial charge in [-0.2, -0.15) is 18.2 Å². The number of alkyl halides is 3. The Labute approximate surface area is 136 Å². The molecule has 1 saturated carbocycles. The topological polar surface area (TPSA) is 68.0 Å². The van der Waals surface area contributed by atoms with Gasteiger partial charge in [0.25, 0.3) is 0 Å². The van der Waals surface area contributed by atoms with Crippen LogP contribution in [0.25, 0.3) is 11.4 Å². The summed E-state index contributed by atoms with van der Waals surface area (Å²) in [7, 11) is 0. The molecule has 0 spiro atoms. The Morgan fingerprint density at radius 3 is 2.46 bits per heavy atom. The summed E-state index contributed by atoms with van der Waals surface area (Å²) in [6.45, 7) is 0. The van der Waals surface area contributed by atoms with Crippen molar-refractivity contribution in [2.24, 2.45) is 0 Å². The molecular formula is C16H16F3N3O2. The number of carbonyl (C=O) groups excluding carboxylic acids is 1. The quantitative estimate of drug-likeness (QED) is 0.927. The summed E-state index contributed by atoms with van der Waals surface area (Å²) in [6, 6.07) is 6.75. The average molecular weight is 339 g/mol. The van der Waals surface area contributed by atoms with Crippen LogP contribution in [-0.2, 0) is 17.4 Å². The van der Waals surface area contributed by atoms with Gasteiger partial charge in [0.2, 0.25) is 11.7 Å². The Balaban J connectivity index is 1.62. The molecule has 2 aromatic rings. The van der Waals surface area contributed by atoms with Gasteiger partial charge in [0.1, 0.15) is 0 Å². The third kappa shape index (κ3) is 3.93. The zero-order valence-corrected chi connectivity index (χ0v) is 12.8. The summed E-state index contributed by atoms with van der Waals surface area (Å²) in [5, 5.41) is 6.32. The molecule has 1 N–H and O–H groups in total. The van der Waals surface area contributed by atoms with Crippen molar-refractivity contribution in [1.29, 1.82) is 0 Å². The van der Waals surface area contributed by atoms with E-state index in [9.17, 15) is 18.0 Å². The first-order chi connectivity index (χ1) is 11.4. The monoisotopic (exact) mass is 339 g/mol. The largest absolute Gasteiger partial charge is 0.471 e. The highest BCUT2D eigenvalue weighted by Crippen LogP contribution is 2.29. The second kappa shape index (κ2) is 6.62. The van der Waals surface area contributed by atoms with E-state index in [1.54, 1.807) is 24.3 Å². The first-order valence-corrected chi connectivity index (χ1v) is 7.71. The fourth-order valence-corrected chi connectivity index (χ4v) is 2.76.